The normalized spacial score (nSPS) is 12.9. The minimum atomic E-state index is -0.294. The van der Waals surface area contributed by atoms with Gasteiger partial charge in [0, 0.05) is 18.7 Å². The summed E-state index contributed by atoms with van der Waals surface area (Å²) in [6.45, 7) is 2.72. The lowest BCUT2D eigenvalue weighted by molar-refractivity contribution is -0.116. The van der Waals surface area contributed by atoms with Crippen molar-refractivity contribution in [3.63, 3.8) is 0 Å². The van der Waals surface area contributed by atoms with Gasteiger partial charge in [0.1, 0.15) is 5.75 Å². The van der Waals surface area contributed by atoms with Crippen LogP contribution >= 0.6 is 0 Å². The summed E-state index contributed by atoms with van der Waals surface area (Å²) >= 11 is 0. The molecule has 0 bridgehead atoms. The summed E-state index contributed by atoms with van der Waals surface area (Å²) in [7, 11) is 0. The Hall–Kier alpha value is -3.15. The van der Waals surface area contributed by atoms with Crippen LogP contribution < -0.4 is 10.1 Å². The van der Waals surface area contributed by atoms with Crippen molar-refractivity contribution >= 4 is 23.4 Å². The van der Waals surface area contributed by atoms with Gasteiger partial charge < -0.3 is 10.1 Å². The van der Waals surface area contributed by atoms with Gasteiger partial charge in [0.05, 0.1) is 17.7 Å². The summed E-state index contributed by atoms with van der Waals surface area (Å²) in [5, 5.41) is 2.79. The molecule has 3 amide bonds. The van der Waals surface area contributed by atoms with Crippen LogP contribution in [0, 0.1) is 0 Å². The maximum absolute atomic E-state index is 12.3. The minimum absolute atomic E-state index is 0.161. The summed E-state index contributed by atoms with van der Waals surface area (Å²) in [5.41, 5.74) is 1.53. The van der Waals surface area contributed by atoms with E-state index >= 15 is 0 Å². The summed E-state index contributed by atoms with van der Waals surface area (Å²) in [5.74, 6) is -0.00284. The first-order chi connectivity index (χ1) is 12.6. The van der Waals surface area contributed by atoms with E-state index in [1.165, 1.54) is 4.90 Å². The average Bonchev–Trinajstić information content (AvgIpc) is 2.89. The van der Waals surface area contributed by atoms with Gasteiger partial charge in [-0.15, -0.1) is 0 Å². The van der Waals surface area contributed by atoms with E-state index in [0.29, 0.717) is 29.8 Å². The molecular weight excluding hydrogens is 332 g/mol. The Morgan fingerprint density at radius 2 is 1.62 bits per heavy atom. The predicted molar refractivity (Wildman–Crippen MR) is 97.3 cm³/mol. The van der Waals surface area contributed by atoms with E-state index in [2.05, 4.69) is 5.32 Å². The molecule has 0 spiro atoms. The monoisotopic (exact) mass is 352 g/mol. The second kappa shape index (κ2) is 7.82. The molecule has 2 aromatic rings. The van der Waals surface area contributed by atoms with E-state index in [1.807, 2.05) is 6.92 Å². The number of nitrogens with one attached hydrogen (secondary N) is 1. The van der Waals surface area contributed by atoms with Crippen molar-refractivity contribution < 1.29 is 19.1 Å². The van der Waals surface area contributed by atoms with Crippen LogP contribution in [0.1, 0.15) is 40.5 Å². The summed E-state index contributed by atoms with van der Waals surface area (Å²) in [4.78, 5) is 37.8. The lowest BCUT2D eigenvalue weighted by atomic mass is 10.1. The Morgan fingerprint density at radius 3 is 2.19 bits per heavy atom. The first-order valence-electron chi connectivity index (χ1n) is 8.58. The number of hydrogen-bond acceptors (Lipinski definition) is 4. The zero-order valence-electron chi connectivity index (χ0n) is 14.5. The van der Waals surface area contributed by atoms with E-state index in [4.69, 9.17) is 4.74 Å². The van der Waals surface area contributed by atoms with E-state index in [9.17, 15) is 14.4 Å². The third-order valence-corrected chi connectivity index (χ3v) is 4.11. The van der Waals surface area contributed by atoms with Crippen molar-refractivity contribution in [2.45, 2.75) is 19.8 Å². The number of benzene rings is 2. The number of nitrogens with zero attached hydrogens (tertiary/aromatic N) is 1. The highest BCUT2D eigenvalue weighted by atomic mass is 16.5. The average molecular weight is 352 g/mol. The molecule has 1 N–H and O–H groups in total. The Balaban J connectivity index is 1.48. The molecule has 1 aliphatic rings. The molecular formula is C20H20N2O4. The van der Waals surface area contributed by atoms with Gasteiger partial charge >= 0.3 is 0 Å². The van der Waals surface area contributed by atoms with Gasteiger partial charge in [-0.2, -0.15) is 0 Å². The number of hydrogen-bond donors (Lipinski definition) is 1. The molecule has 0 fully saturated rings. The van der Waals surface area contributed by atoms with Gasteiger partial charge in [0.2, 0.25) is 5.91 Å². The van der Waals surface area contributed by atoms with Crippen LogP contribution in [-0.2, 0) is 4.79 Å². The Labute approximate surface area is 151 Å². The lowest BCUT2D eigenvalue weighted by Crippen LogP contribution is -2.31. The number of fused-ring (bicyclic) bond motifs is 1. The Morgan fingerprint density at radius 1 is 1.00 bits per heavy atom. The molecule has 26 heavy (non-hydrogen) atoms. The third-order valence-electron chi connectivity index (χ3n) is 4.11. The molecule has 0 unspecified atom stereocenters. The van der Waals surface area contributed by atoms with E-state index < -0.39 is 0 Å². The molecule has 1 aliphatic heterocycles. The smallest absolute Gasteiger partial charge is 0.261 e. The van der Waals surface area contributed by atoms with Crippen molar-refractivity contribution in [2.24, 2.45) is 0 Å². The summed E-state index contributed by atoms with van der Waals surface area (Å²) in [6, 6.07) is 13.9. The van der Waals surface area contributed by atoms with Crippen molar-refractivity contribution in [2.75, 3.05) is 18.5 Å². The molecule has 0 atom stereocenters. The first kappa shape index (κ1) is 17.7. The molecule has 1 heterocycles. The van der Waals surface area contributed by atoms with Crippen LogP contribution in [0.15, 0.2) is 48.5 Å². The molecule has 0 saturated carbocycles. The number of rotatable bonds is 7. The van der Waals surface area contributed by atoms with Crippen LogP contribution in [0.3, 0.4) is 0 Å². The second-order valence-corrected chi connectivity index (χ2v) is 5.92. The molecule has 0 radical (unpaired) electrons. The largest absolute Gasteiger partial charge is 0.494 e. The van der Waals surface area contributed by atoms with Crippen molar-refractivity contribution in [1.29, 1.82) is 0 Å². The highest BCUT2D eigenvalue weighted by Crippen LogP contribution is 2.22. The van der Waals surface area contributed by atoms with Gasteiger partial charge in [-0.05, 0) is 49.7 Å². The number of ether oxygens (including phenoxy) is 1. The van der Waals surface area contributed by atoms with Gasteiger partial charge in [-0.25, -0.2) is 0 Å². The quantitative estimate of drug-likeness (QED) is 0.777. The number of anilines is 1. The lowest BCUT2D eigenvalue weighted by Gasteiger charge is -2.13. The second-order valence-electron chi connectivity index (χ2n) is 5.92. The maximum atomic E-state index is 12.3. The first-order valence-corrected chi connectivity index (χ1v) is 8.58. The van der Waals surface area contributed by atoms with E-state index in [-0.39, 0.29) is 30.7 Å². The predicted octanol–water partition coefficient (Wildman–Crippen LogP) is 3.10. The SMILES string of the molecule is CCOc1ccc(NC(=O)CCCN2C(=O)c3ccccc3C2=O)cc1. The zero-order valence-corrected chi connectivity index (χ0v) is 14.5. The third kappa shape index (κ3) is 3.74. The number of carbonyl (C=O) groups is 3. The molecule has 0 aromatic heterocycles. The van der Waals surface area contributed by atoms with Crippen molar-refractivity contribution in [3.8, 4) is 5.75 Å². The van der Waals surface area contributed by atoms with Crippen LogP contribution in [0.5, 0.6) is 5.75 Å². The van der Waals surface area contributed by atoms with Crippen molar-refractivity contribution in [1.82, 2.24) is 4.90 Å². The highest BCUT2D eigenvalue weighted by Gasteiger charge is 2.34. The van der Waals surface area contributed by atoms with Crippen LogP contribution in [0.4, 0.5) is 5.69 Å². The van der Waals surface area contributed by atoms with Gasteiger partial charge in [-0.1, -0.05) is 12.1 Å². The summed E-state index contributed by atoms with van der Waals surface area (Å²) < 4.78 is 5.35. The fourth-order valence-corrected chi connectivity index (χ4v) is 2.86. The Bertz CT molecular complexity index is 795. The highest BCUT2D eigenvalue weighted by molar-refractivity contribution is 6.21. The van der Waals surface area contributed by atoms with Crippen LogP contribution in [-0.4, -0.2) is 35.8 Å². The fourth-order valence-electron chi connectivity index (χ4n) is 2.86. The fraction of sp³-hybridized carbons (Fsp3) is 0.250. The molecule has 6 heteroatoms. The van der Waals surface area contributed by atoms with Gasteiger partial charge in [0.15, 0.2) is 0 Å². The number of imide groups is 1. The molecule has 3 rings (SSSR count). The van der Waals surface area contributed by atoms with Crippen molar-refractivity contribution in [3.05, 3.63) is 59.7 Å². The van der Waals surface area contributed by atoms with Crippen LogP contribution in [0.2, 0.25) is 0 Å². The molecule has 6 nitrogen and oxygen atoms in total. The Kier molecular flexibility index (Phi) is 5.31. The number of carbonyl (C=O) groups excluding carboxylic acids is 3. The zero-order chi connectivity index (χ0) is 18.5. The van der Waals surface area contributed by atoms with E-state index in [1.54, 1.807) is 48.5 Å². The molecule has 0 aliphatic carbocycles. The number of amides is 3. The molecule has 134 valence electrons. The van der Waals surface area contributed by atoms with Gasteiger partial charge in [-0.3, -0.25) is 19.3 Å². The molecule has 2 aromatic carbocycles. The maximum Gasteiger partial charge on any atom is 0.261 e. The van der Waals surface area contributed by atoms with E-state index in [0.717, 1.165) is 5.75 Å². The summed E-state index contributed by atoms with van der Waals surface area (Å²) in [6.07, 6.45) is 0.634. The minimum Gasteiger partial charge on any atom is -0.494 e. The van der Waals surface area contributed by atoms with Crippen LogP contribution in [0.25, 0.3) is 0 Å². The topological polar surface area (TPSA) is 75.7 Å². The molecule has 0 saturated heterocycles. The van der Waals surface area contributed by atoms with Gasteiger partial charge in [0.25, 0.3) is 11.8 Å². The standard InChI is InChI=1S/C20H20N2O4/c1-2-26-15-11-9-14(10-12-15)21-18(23)8-5-13-22-19(24)16-6-3-4-7-17(16)20(22)25/h3-4,6-7,9-12H,2,5,8,13H2,1H3,(H,21,23).